The van der Waals surface area contributed by atoms with Gasteiger partial charge >= 0.3 is 6.18 Å². The molecule has 2 aromatic carbocycles. The molecule has 33 heavy (non-hydrogen) atoms. The Hall–Kier alpha value is -1.81. The fourth-order valence-electron chi connectivity index (χ4n) is 5.12. The van der Waals surface area contributed by atoms with E-state index in [4.69, 9.17) is 4.74 Å². The summed E-state index contributed by atoms with van der Waals surface area (Å²) in [6.45, 7) is 2.96. The Morgan fingerprint density at radius 3 is 2.12 bits per heavy atom. The van der Waals surface area contributed by atoms with Crippen LogP contribution in [0, 0.1) is 5.92 Å². The Morgan fingerprint density at radius 2 is 1.52 bits per heavy atom. The molecule has 1 fully saturated rings. The normalized spacial score (nSPS) is 19.1. The standard InChI is InChI=1S/C29H39F3O/c1-3-4-5-6-23-19-24(16-18-33-2)21-28(20-23)27-13-11-26(12-14-27)25-9-7-22(8-10-25)15-17-29(30,31)32/h11-14,19-22,25H,3-10,15-18H2,1-2H3. The third-order valence-electron chi connectivity index (χ3n) is 7.11. The van der Waals surface area contributed by atoms with Crippen molar-refractivity contribution in [1.29, 1.82) is 0 Å². The van der Waals surface area contributed by atoms with Crippen LogP contribution in [0.5, 0.6) is 0 Å². The Bertz CT molecular complexity index is 833. The number of rotatable bonds is 11. The Morgan fingerprint density at radius 1 is 0.848 bits per heavy atom. The highest BCUT2D eigenvalue weighted by Gasteiger charge is 2.30. The van der Waals surface area contributed by atoms with Gasteiger partial charge in [-0.1, -0.05) is 62.2 Å². The van der Waals surface area contributed by atoms with E-state index >= 15 is 0 Å². The smallest absolute Gasteiger partial charge is 0.384 e. The zero-order valence-corrected chi connectivity index (χ0v) is 20.2. The minimum atomic E-state index is -4.02. The maximum atomic E-state index is 12.5. The fraction of sp³-hybridized carbons (Fsp3) is 0.586. The third kappa shape index (κ3) is 8.48. The average molecular weight is 461 g/mol. The zero-order chi connectivity index (χ0) is 23.7. The van der Waals surface area contributed by atoms with E-state index in [1.54, 1.807) is 7.11 Å². The third-order valence-corrected chi connectivity index (χ3v) is 7.11. The molecule has 1 aliphatic carbocycles. The van der Waals surface area contributed by atoms with Crippen LogP contribution in [-0.4, -0.2) is 19.9 Å². The minimum absolute atomic E-state index is 0.225. The summed E-state index contributed by atoms with van der Waals surface area (Å²) in [6, 6.07) is 15.8. The Balaban J connectivity index is 1.64. The van der Waals surface area contributed by atoms with Crippen LogP contribution in [0.25, 0.3) is 11.1 Å². The van der Waals surface area contributed by atoms with Crippen molar-refractivity contribution in [3.05, 3.63) is 59.2 Å². The first-order chi connectivity index (χ1) is 15.9. The Kier molecular flexibility index (Phi) is 9.85. The molecule has 182 valence electrons. The largest absolute Gasteiger partial charge is 0.389 e. The lowest BCUT2D eigenvalue weighted by Crippen LogP contribution is -2.16. The van der Waals surface area contributed by atoms with Gasteiger partial charge < -0.3 is 4.74 Å². The van der Waals surface area contributed by atoms with Crippen LogP contribution in [0.4, 0.5) is 13.2 Å². The van der Waals surface area contributed by atoms with Crippen molar-refractivity contribution in [2.45, 2.75) is 89.6 Å². The molecule has 0 N–H and O–H groups in total. The van der Waals surface area contributed by atoms with Crippen LogP contribution in [0.2, 0.25) is 0 Å². The van der Waals surface area contributed by atoms with Crippen molar-refractivity contribution in [3.8, 4) is 11.1 Å². The number of methoxy groups -OCH3 is 1. The molecule has 0 spiro atoms. The van der Waals surface area contributed by atoms with Crippen molar-refractivity contribution in [1.82, 2.24) is 0 Å². The number of alkyl halides is 3. The molecule has 1 saturated carbocycles. The number of benzene rings is 2. The van der Waals surface area contributed by atoms with E-state index in [2.05, 4.69) is 49.4 Å². The number of aryl methyl sites for hydroxylation is 1. The maximum Gasteiger partial charge on any atom is 0.389 e. The van der Waals surface area contributed by atoms with Crippen LogP contribution in [0.15, 0.2) is 42.5 Å². The molecule has 1 aliphatic rings. The molecule has 2 aromatic rings. The van der Waals surface area contributed by atoms with Gasteiger partial charge in [-0.2, -0.15) is 13.2 Å². The van der Waals surface area contributed by atoms with E-state index < -0.39 is 12.6 Å². The van der Waals surface area contributed by atoms with Crippen LogP contribution in [-0.2, 0) is 17.6 Å². The van der Waals surface area contributed by atoms with Gasteiger partial charge in [0.25, 0.3) is 0 Å². The first kappa shape index (κ1) is 25.8. The maximum absolute atomic E-state index is 12.5. The van der Waals surface area contributed by atoms with Gasteiger partial charge in [-0.05, 0) is 91.0 Å². The fourth-order valence-corrected chi connectivity index (χ4v) is 5.12. The molecule has 1 nitrogen and oxygen atoms in total. The lowest BCUT2D eigenvalue weighted by Gasteiger charge is -2.29. The lowest BCUT2D eigenvalue weighted by molar-refractivity contribution is -0.138. The molecule has 0 heterocycles. The second kappa shape index (κ2) is 12.6. The van der Waals surface area contributed by atoms with Gasteiger partial charge in [-0.25, -0.2) is 0 Å². The summed E-state index contributed by atoms with van der Waals surface area (Å²) in [4.78, 5) is 0. The topological polar surface area (TPSA) is 9.23 Å². The van der Waals surface area contributed by atoms with Gasteiger partial charge in [0.2, 0.25) is 0 Å². The lowest BCUT2D eigenvalue weighted by atomic mass is 9.77. The second-order valence-electron chi connectivity index (χ2n) is 9.73. The van der Waals surface area contributed by atoms with Gasteiger partial charge in [0.15, 0.2) is 0 Å². The summed E-state index contributed by atoms with van der Waals surface area (Å²) in [5.74, 6) is 0.696. The molecular weight excluding hydrogens is 421 g/mol. The summed E-state index contributed by atoms with van der Waals surface area (Å²) in [7, 11) is 1.74. The first-order valence-corrected chi connectivity index (χ1v) is 12.7. The van der Waals surface area contributed by atoms with Crippen LogP contribution in [0.3, 0.4) is 0 Å². The van der Waals surface area contributed by atoms with E-state index in [-0.39, 0.29) is 12.3 Å². The monoisotopic (exact) mass is 460 g/mol. The van der Waals surface area contributed by atoms with Crippen molar-refractivity contribution >= 4 is 0 Å². The SMILES string of the molecule is CCCCCc1cc(CCOC)cc(-c2ccc(C3CCC(CCC(F)(F)F)CC3)cc2)c1. The van der Waals surface area contributed by atoms with Crippen molar-refractivity contribution in [2.24, 2.45) is 5.92 Å². The van der Waals surface area contributed by atoms with Crippen molar-refractivity contribution in [2.75, 3.05) is 13.7 Å². The van der Waals surface area contributed by atoms with E-state index in [0.717, 1.165) is 45.1 Å². The summed E-state index contributed by atoms with van der Waals surface area (Å²) in [5.41, 5.74) is 6.54. The zero-order valence-electron chi connectivity index (χ0n) is 20.2. The summed E-state index contributed by atoms with van der Waals surface area (Å²) in [6.07, 6.45) is 5.15. The highest BCUT2D eigenvalue weighted by Crippen LogP contribution is 2.39. The van der Waals surface area contributed by atoms with Crippen molar-refractivity contribution < 1.29 is 17.9 Å². The predicted octanol–water partition coefficient (Wildman–Crippen LogP) is 8.89. The second-order valence-corrected chi connectivity index (χ2v) is 9.73. The van der Waals surface area contributed by atoms with Crippen molar-refractivity contribution in [3.63, 3.8) is 0 Å². The van der Waals surface area contributed by atoms with Gasteiger partial charge in [-0.15, -0.1) is 0 Å². The van der Waals surface area contributed by atoms with E-state index in [1.807, 2.05) is 0 Å². The van der Waals surface area contributed by atoms with Crippen LogP contribution >= 0.6 is 0 Å². The highest BCUT2D eigenvalue weighted by molar-refractivity contribution is 5.65. The number of unbranched alkanes of at least 4 members (excludes halogenated alkanes) is 2. The number of ether oxygens (including phenoxy) is 1. The molecule has 0 unspecified atom stereocenters. The summed E-state index contributed by atoms with van der Waals surface area (Å²) >= 11 is 0. The number of hydrogen-bond donors (Lipinski definition) is 0. The highest BCUT2D eigenvalue weighted by atomic mass is 19.4. The summed E-state index contributed by atoms with van der Waals surface area (Å²) < 4.78 is 42.8. The molecule has 0 amide bonds. The quantitative estimate of drug-likeness (QED) is 0.304. The average Bonchev–Trinajstić information content (AvgIpc) is 2.81. The van der Waals surface area contributed by atoms with Crippen LogP contribution in [0.1, 0.15) is 87.3 Å². The van der Waals surface area contributed by atoms with Gasteiger partial charge in [0.1, 0.15) is 0 Å². The van der Waals surface area contributed by atoms with Gasteiger partial charge in [0, 0.05) is 13.5 Å². The molecule has 0 saturated heterocycles. The summed E-state index contributed by atoms with van der Waals surface area (Å²) in [5, 5.41) is 0. The molecule has 0 bridgehead atoms. The Labute approximate surface area is 197 Å². The molecule has 0 aliphatic heterocycles. The molecule has 3 rings (SSSR count). The molecule has 0 atom stereocenters. The first-order valence-electron chi connectivity index (χ1n) is 12.7. The predicted molar refractivity (Wildman–Crippen MR) is 131 cm³/mol. The van der Waals surface area contributed by atoms with Gasteiger partial charge in [-0.3, -0.25) is 0 Å². The minimum Gasteiger partial charge on any atom is -0.384 e. The van der Waals surface area contributed by atoms with Gasteiger partial charge in [0.05, 0.1) is 6.61 Å². The van der Waals surface area contributed by atoms with E-state index in [0.29, 0.717) is 5.92 Å². The number of halogens is 3. The van der Waals surface area contributed by atoms with Crippen LogP contribution < -0.4 is 0 Å². The molecule has 0 aromatic heterocycles. The molecule has 4 heteroatoms. The number of hydrogen-bond acceptors (Lipinski definition) is 1. The van der Waals surface area contributed by atoms with E-state index in [9.17, 15) is 13.2 Å². The van der Waals surface area contributed by atoms with E-state index in [1.165, 1.54) is 47.1 Å². The molecule has 0 radical (unpaired) electrons. The molecular formula is C29H39F3O.